The molecule has 0 saturated heterocycles. The number of nitrogens with one attached hydrogen (secondary N) is 2. The molecule has 0 radical (unpaired) electrons. The zero-order valence-electron chi connectivity index (χ0n) is 10.9. The van der Waals surface area contributed by atoms with E-state index in [9.17, 15) is 0 Å². The van der Waals surface area contributed by atoms with E-state index in [-0.39, 0.29) is 0 Å². The summed E-state index contributed by atoms with van der Waals surface area (Å²) in [6.07, 6.45) is 1.07. The fourth-order valence-corrected chi connectivity index (χ4v) is 1.89. The van der Waals surface area contributed by atoms with Crippen LogP contribution in [-0.4, -0.2) is 16.5 Å². The van der Waals surface area contributed by atoms with Crippen LogP contribution in [0.3, 0.4) is 0 Å². The van der Waals surface area contributed by atoms with E-state index in [2.05, 4.69) is 54.3 Å². The zero-order chi connectivity index (χ0) is 12.3. The zero-order valence-corrected chi connectivity index (χ0v) is 10.9. The minimum atomic E-state index is 0.672. The summed E-state index contributed by atoms with van der Waals surface area (Å²) >= 11 is 0. The number of hydrogen-bond acceptors (Lipinski definition) is 2. The van der Waals surface area contributed by atoms with Crippen LogP contribution in [0.2, 0.25) is 0 Å². The van der Waals surface area contributed by atoms with Crippen LogP contribution in [-0.2, 0) is 13.0 Å². The number of H-pyrrole nitrogens is 1. The van der Waals surface area contributed by atoms with Crippen molar-refractivity contribution in [2.45, 2.75) is 33.7 Å². The van der Waals surface area contributed by atoms with E-state index in [4.69, 9.17) is 0 Å². The molecule has 92 valence electrons. The highest BCUT2D eigenvalue weighted by Crippen LogP contribution is 2.14. The lowest BCUT2D eigenvalue weighted by Gasteiger charge is -2.04. The lowest BCUT2D eigenvalue weighted by atomic mass is 10.1. The first-order valence-corrected chi connectivity index (χ1v) is 6.37. The number of hydrogen-bond donors (Lipinski definition) is 2. The third-order valence-electron chi connectivity index (χ3n) is 2.85. The molecule has 2 aromatic rings. The van der Waals surface area contributed by atoms with E-state index < -0.39 is 0 Å². The minimum Gasteiger partial charge on any atom is -0.341 e. The average molecular weight is 231 g/mol. The van der Waals surface area contributed by atoms with Gasteiger partial charge in [-0.15, -0.1) is 0 Å². The number of aromatic nitrogens is 2. The van der Waals surface area contributed by atoms with Crippen molar-refractivity contribution in [1.82, 2.24) is 15.3 Å². The standard InChI is InChI=1S/C14H21N3/c1-4-11-5-6-12-13(7-11)17-14(16-12)9-15-8-10(2)3/h5-7,10,15H,4,8-9H2,1-3H3,(H,16,17). The molecule has 1 heterocycles. The summed E-state index contributed by atoms with van der Waals surface area (Å²) in [5.41, 5.74) is 3.55. The third-order valence-corrected chi connectivity index (χ3v) is 2.85. The number of imidazole rings is 1. The van der Waals surface area contributed by atoms with Gasteiger partial charge in [0.25, 0.3) is 0 Å². The van der Waals surface area contributed by atoms with Crippen molar-refractivity contribution in [1.29, 1.82) is 0 Å². The molecule has 1 aromatic carbocycles. The van der Waals surface area contributed by atoms with Crippen molar-refractivity contribution in [2.24, 2.45) is 5.92 Å². The van der Waals surface area contributed by atoms with Gasteiger partial charge < -0.3 is 10.3 Å². The maximum atomic E-state index is 4.57. The van der Waals surface area contributed by atoms with Crippen LogP contribution in [0, 0.1) is 5.92 Å². The molecule has 0 saturated carbocycles. The number of fused-ring (bicyclic) bond motifs is 1. The molecule has 3 heteroatoms. The van der Waals surface area contributed by atoms with Gasteiger partial charge in [-0.05, 0) is 36.6 Å². The quantitative estimate of drug-likeness (QED) is 0.830. The van der Waals surface area contributed by atoms with Crippen LogP contribution >= 0.6 is 0 Å². The summed E-state index contributed by atoms with van der Waals surface area (Å²) in [5, 5.41) is 3.40. The molecule has 17 heavy (non-hydrogen) atoms. The SMILES string of the molecule is CCc1ccc2nc(CNCC(C)C)[nH]c2c1. The summed E-state index contributed by atoms with van der Waals surface area (Å²) in [4.78, 5) is 7.94. The second-order valence-corrected chi connectivity index (χ2v) is 4.91. The largest absolute Gasteiger partial charge is 0.341 e. The molecule has 3 nitrogen and oxygen atoms in total. The van der Waals surface area contributed by atoms with Crippen LogP contribution in [0.5, 0.6) is 0 Å². The predicted molar refractivity (Wildman–Crippen MR) is 72.0 cm³/mol. The van der Waals surface area contributed by atoms with E-state index in [1.165, 1.54) is 5.56 Å². The molecule has 0 aliphatic rings. The monoisotopic (exact) mass is 231 g/mol. The summed E-state index contributed by atoms with van der Waals surface area (Å²) in [6, 6.07) is 6.43. The van der Waals surface area contributed by atoms with Gasteiger partial charge in [-0.3, -0.25) is 0 Å². The van der Waals surface area contributed by atoms with Crippen molar-refractivity contribution < 1.29 is 0 Å². The number of benzene rings is 1. The number of aromatic amines is 1. The summed E-state index contributed by atoms with van der Waals surface area (Å²) in [6.45, 7) is 8.42. The molecule has 0 amide bonds. The molecular weight excluding hydrogens is 210 g/mol. The number of rotatable bonds is 5. The van der Waals surface area contributed by atoms with Crippen LogP contribution in [0.15, 0.2) is 18.2 Å². The van der Waals surface area contributed by atoms with E-state index in [1.54, 1.807) is 0 Å². The first-order valence-electron chi connectivity index (χ1n) is 6.37. The van der Waals surface area contributed by atoms with E-state index in [1.807, 2.05) is 0 Å². The Labute approximate surface area is 103 Å². The molecule has 0 aliphatic heterocycles. The van der Waals surface area contributed by atoms with Gasteiger partial charge in [0.1, 0.15) is 5.82 Å². The highest BCUT2D eigenvalue weighted by molar-refractivity contribution is 5.75. The van der Waals surface area contributed by atoms with Crippen molar-refractivity contribution in [3.05, 3.63) is 29.6 Å². The Balaban J connectivity index is 2.09. The van der Waals surface area contributed by atoms with Gasteiger partial charge in [-0.2, -0.15) is 0 Å². The van der Waals surface area contributed by atoms with E-state index in [0.29, 0.717) is 5.92 Å². The number of nitrogens with zero attached hydrogens (tertiary/aromatic N) is 1. The third kappa shape index (κ3) is 3.07. The van der Waals surface area contributed by atoms with Gasteiger partial charge in [0, 0.05) is 0 Å². The summed E-state index contributed by atoms with van der Waals surface area (Å²) in [5.74, 6) is 1.69. The van der Waals surface area contributed by atoms with Crippen molar-refractivity contribution in [2.75, 3.05) is 6.54 Å². The van der Waals surface area contributed by atoms with E-state index in [0.717, 1.165) is 36.4 Å². The topological polar surface area (TPSA) is 40.7 Å². The van der Waals surface area contributed by atoms with E-state index >= 15 is 0 Å². The smallest absolute Gasteiger partial charge is 0.121 e. The summed E-state index contributed by atoms with van der Waals surface area (Å²) < 4.78 is 0. The lowest BCUT2D eigenvalue weighted by Crippen LogP contribution is -2.19. The Morgan fingerprint density at radius 2 is 2.18 bits per heavy atom. The van der Waals surface area contributed by atoms with Crippen LogP contribution < -0.4 is 5.32 Å². The van der Waals surface area contributed by atoms with Crippen LogP contribution in [0.4, 0.5) is 0 Å². The average Bonchev–Trinajstić information content (AvgIpc) is 2.69. The predicted octanol–water partition coefficient (Wildman–Crippen LogP) is 2.87. The Hall–Kier alpha value is -1.35. The first-order chi connectivity index (χ1) is 8.19. The Morgan fingerprint density at radius 1 is 1.35 bits per heavy atom. The Kier molecular flexibility index (Phi) is 3.79. The molecule has 0 bridgehead atoms. The van der Waals surface area contributed by atoms with Gasteiger partial charge in [0.05, 0.1) is 17.6 Å². The summed E-state index contributed by atoms with van der Waals surface area (Å²) in [7, 11) is 0. The molecule has 1 aromatic heterocycles. The Bertz CT molecular complexity index is 485. The van der Waals surface area contributed by atoms with Crippen LogP contribution in [0.1, 0.15) is 32.2 Å². The highest BCUT2D eigenvalue weighted by Gasteiger charge is 2.03. The van der Waals surface area contributed by atoms with Gasteiger partial charge >= 0.3 is 0 Å². The van der Waals surface area contributed by atoms with Crippen molar-refractivity contribution in [3.63, 3.8) is 0 Å². The molecule has 0 aliphatic carbocycles. The lowest BCUT2D eigenvalue weighted by molar-refractivity contribution is 0.545. The fourth-order valence-electron chi connectivity index (χ4n) is 1.89. The van der Waals surface area contributed by atoms with Gasteiger partial charge in [0.2, 0.25) is 0 Å². The van der Waals surface area contributed by atoms with Crippen molar-refractivity contribution >= 4 is 11.0 Å². The molecule has 0 atom stereocenters. The van der Waals surface area contributed by atoms with Gasteiger partial charge in [-0.25, -0.2) is 4.98 Å². The molecule has 2 N–H and O–H groups in total. The normalized spacial score (nSPS) is 11.5. The van der Waals surface area contributed by atoms with Gasteiger partial charge in [0.15, 0.2) is 0 Å². The Morgan fingerprint density at radius 3 is 2.88 bits per heavy atom. The van der Waals surface area contributed by atoms with Gasteiger partial charge in [-0.1, -0.05) is 26.8 Å². The number of aryl methyl sites for hydroxylation is 1. The maximum absolute atomic E-state index is 4.57. The second kappa shape index (κ2) is 5.32. The molecule has 0 spiro atoms. The minimum absolute atomic E-state index is 0.672. The molecule has 0 unspecified atom stereocenters. The second-order valence-electron chi connectivity index (χ2n) is 4.91. The van der Waals surface area contributed by atoms with Crippen LogP contribution in [0.25, 0.3) is 11.0 Å². The molecular formula is C14H21N3. The maximum Gasteiger partial charge on any atom is 0.121 e. The fraction of sp³-hybridized carbons (Fsp3) is 0.500. The van der Waals surface area contributed by atoms with Crippen molar-refractivity contribution in [3.8, 4) is 0 Å². The molecule has 2 rings (SSSR count). The highest BCUT2D eigenvalue weighted by atomic mass is 15.0. The first kappa shape index (κ1) is 12.1. The molecule has 0 fully saturated rings.